The SMILES string of the molecule is C[Si](C)(C)c1ccc(-c2[c-]ccc3ccccc23)nc1.[2H]C([2H])(c1ccnc(-c2[c-]cc3c(c2)oc2cc(-c4ccc(F)cc4)ccc23)c1)C(C)(C)C.[Ir]. The molecule has 0 N–H and O–H groups in total. The molecule has 0 fully saturated rings. The molecule has 0 unspecified atom stereocenters. The van der Waals surface area contributed by atoms with Crippen LogP contribution < -0.4 is 5.19 Å². The van der Waals surface area contributed by atoms with Gasteiger partial charge in [-0.1, -0.05) is 130 Å². The zero-order valence-corrected chi connectivity index (χ0v) is 33.5. The number of rotatable bonds is 5. The third kappa shape index (κ3) is 8.31. The van der Waals surface area contributed by atoms with E-state index in [2.05, 4.69) is 84.2 Å². The smallest absolute Gasteiger partial charge is 0.124 e. The third-order valence-corrected chi connectivity index (χ3v) is 10.8. The molecule has 3 aromatic heterocycles. The average Bonchev–Trinajstić information content (AvgIpc) is 3.52. The summed E-state index contributed by atoms with van der Waals surface area (Å²) in [6.45, 7) is 12.7. The van der Waals surface area contributed by atoms with Crippen molar-refractivity contribution in [1.29, 1.82) is 0 Å². The molecule has 0 bridgehead atoms. The van der Waals surface area contributed by atoms with E-state index in [0.29, 0.717) is 16.8 Å². The number of aromatic nitrogens is 2. The zero-order valence-electron chi connectivity index (χ0n) is 32.1. The van der Waals surface area contributed by atoms with Gasteiger partial charge in [0.2, 0.25) is 0 Å². The van der Waals surface area contributed by atoms with Crippen molar-refractivity contribution in [2.75, 3.05) is 0 Å². The predicted octanol–water partition coefficient (Wildman–Crippen LogP) is 12.1. The van der Waals surface area contributed by atoms with Crippen molar-refractivity contribution < 1.29 is 31.7 Å². The Labute approximate surface area is 323 Å². The summed E-state index contributed by atoms with van der Waals surface area (Å²) in [6.07, 6.45) is 2.17. The third-order valence-electron chi connectivity index (χ3n) is 8.74. The molecule has 0 saturated heterocycles. The first kappa shape index (κ1) is 34.3. The first-order chi connectivity index (χ1) is 25.2. The van der Waals surface area contributed by atoms with Crippen LogP contribution in [0.4, 0.5) is 4.39 Å². The Balaban J connectivity index is 0.000000203. The van der Waals surface area contributed by atoms with Gasteiger partial charge in [-0.15, -0.1) is 46.8 Å². The molecule has 0 aliphatic rings. The molecule has 3 nitrogen and oxygen atoms in total. The fourth-order valence-corrected chi connectivity index (χ4v) is 7.17. The van der Waals surface area contributed by atoms with Crippen LogP contribution in [0.25, 0.3) is 66.4 Å². The maximum atomic E-state index is 13.3. The van der Waals surface area contributed by atoms with E-state index in [1.165, 1.54) is 28.1 Å². The number of benzene rings is 5. The average molecular weight is 879 g/mol. The molecule has 0 saturated carbocycles. The summed E-state index contributed by atoms with van der Waals surface area (Å²) in [6, 6.07) is 43.1. The van der Waals surface area contributed by atoms with Gasteiger partial charge in [0.05, 0.1) is 13.7 Å². The first-order valence-corrected chi connectivity index (χ1v) is 20.7. The van der Waals surface area contributed by atoms with Crippen molar-refractivity contribution in [1.82, 2.24) is 9.97 Å². The van der Waals surface area contributed by atoms with Crippen molar-refractivity contribution >= 4 is 46.0 Å². The summed E-state index contributed by atoms with van der Waals surface area (Å²) in [7, 11) is -1.28. The second-order valence-corrected chi connectivity index (χ2v) is 19.9. The van der Waals surface area contributed by atoms with Crippen LogP contribution in [0.5, 0.6) is 0 Å². The van der Waals surface area contributed by atoms with E-state index in [4.69, 9.17) is 7.16 Å². The van der Waals surface area contributed by atoms with Crippen molar-refractivity contribution in [2.24, 2.45) is 5.41 Å². The fourth-order valence-electron chi connectivity index (χ4n) is 6.13. The minimum atomic E-state index is -1.51. The Hall–Kier alpha value is -4.74. The summed E-state index contributed by atoms with van der Waals surface area (Å²) in [5.41, 5.74) is 6.83. The van der Waals surface area contributed by atoms with Gasteiger partial charge in [-0.2, -0.15) is 0 Å². The number of pyridine rings is 2. The number of hydrogen-bond donors (Lipinski definition) is 0. The number of nitrogens with zero attached hydrogens (tertiary/aromatic N) is 2. The predicted molar refractivity (Wildman–Crippen MR) is 213 cm³/mol. The van der Waals surface area contributed by atoms with Crippen LogP contribution in [0, 0.1) is 23.4 Å². The molecule has 5 aromatic carbocycles. The standard InChI is InChI=1S/C28H23FNO.C18H18NSi.Ir/c1-28(2,3)17-18-12-13-30-25(14-18)21-7-11-24-23-10-6-20(15-26(23)31-27(24)16-21)19-4-8-22(29)9-5-19;1-20(2,3)15-11-12-18(19-13-15)17-10-6-8-14-7-4-5-9-16(14)17;/h4-6,8-16H,17H2,1-3H3;4-9,11-13H,1-3H3;/q2*-1;/i17D2;;. The Kier molecular flexibility index (Phi) is 9.96. The van der Waals surface area contributed by atoms with Crippen LogP contribution >= 0.6 is 0 Å². The molecule has 0 aliphatic heterocycles. The van der Waals surface area contributed by atoms with Gasteiger partial charge in [0.25, 0.3) is 0 Å². The number of hydrogen-bond acceptors (Lipinski definition) is 3. The maximum absolute atomic E-state index is 13.3. The van der Waals surface area contributed by atoms with Crippen LogP contribution in [0.3, 0.4) is 0 Å². The maximum Gasteiger partial charge on any atom is 0.124 e. The summed E-state index contributed by atoms with van der Waals surface area (Å²) < 4.78 is 36.6. The molecular formula is C46H41FIrN2OSi-2. The molecule has 52 heavy (non-hydrogen) atoms. The van der Waals surface area contributed by atoms with E-state index >= 15 is 0 Å². The monoisotopic (exact) mass is 879 g/mol. The first-order valence-electron chi connectivity index (χ1n) is 18.2. The molecule has 0 amide bonds. The van der Waals surface area contributed by atoms with Gasteiger partial charge in [0, 0.05) is 35.2 Å². The fraction of sp³-hybridized carbons (Fsp3) is 0.174. The molecule has 1 radical (unpaired) electrons. The van der Waals surface area contributed by atoms with Crippen LogP contribution in [0.2, 0.25) is 19.6 Å². The van der Waals surface area contributed by atoms with Crippen molar-refractivity contribution in [3.63, 3.8) is 0 Å². The second-order valence-electron chi connectivity index (χ2n) is 14.9. The topological polar surface area (TPSA) is 38.9 Å². The van der Waals surface area contributed by atoms with Crippen molar-refractivity contribution in [3.8, 4) is 33.6 Å². The van der Waals surface area contributed by atoms with Crippen LogP contribution in [0.15, 0.2) is 132 Å². The van der Waals surface area contributed by atoms with E-state index in [1.807, 2.05) is 63.4 Å². The van der Waals surface area contributed by atoms with Crippen LogP contribution in [0.1, 0.15) is 29.1 Å². The Morgan fingerprint density at radius 3 is 2.23 bits per heavy atom. The molecular weight excluding hydrogens is 836 g/mol. The molecule has 0 aliphatic carbocycles. The van der Waals surface area contributed by atoms with Gasteiger partial charge >= 0.3 is 0 Å². The molecule has 0 atom stereocenters. The Morgan fingerprint density at radius 2 is 1.50 bits per heavy atom. The van der Waals surface area contributed by atoms with Crippen LogP contribution in [-0.4, -0.2) is 18.0 Å². The number of furan rings is 1. The number of fused-ring (bicyclic) bond motifs is 4. The minimum absolute atomic E-state index is 0. The summed E-state index contributed by atoms with van der Waals surface area (Å²) in [5.74, 6) is -0.264. The molecule has 3 heterocycles. The van der Waals surface area contributed by atoms with E-state index in [1.54, 1.807) is 30.5 Å². The Bertz CT molecular complexity index is 2570. The molecule has 263 valence electrons. The number of halogens is 1. The van der Waals surface area contributed by atoms with Gasteiger partial charge in [0.1, 0.15) is 11.4 Å². The summed E-state index contributed by atoms with van der Waals surface area (Å²) >= 11 is 0. The quantitative estimate of drug-likeness (QED) is 0.128. The van der Waals surface area contributed by atoms with E-state index in [0.717, 1.165) is 44.3 Å². The molecule has 0 spiro atoms. The van der Waals surface area contributed by atoms with E-state index in [9.17, 15) is 4.39 Å². The van der Waals surface area contributed by atoms with E-state index < -0.39 is 19.9 Å². The van der Waals surface area contributed by atoms with Gasteiger partial charge in [-0.05, 0) is 69.1 Å². The van der Waals surface area contributed by atoms with Crippen LogP contribution in [-0.2, 0) is 26.5 Å². The summed E-state index contributed by atoms with van der Waals surface area (Å²) in [4.78, 5) is 9.13. The normalized spacial score (nSPS) is 12.5. The van der Waals surface area contributed by atoms with Crippen molar-refractivity contribution in [3.05, 3.63) is 151 Å². The van der Waals surface area contributed by atoms with Gasteiger partial charge < -0.3 is 14.4 Å². The van der Waals surface area contributed by atoms with Gasteiger partial charge in [-0.3, -0.25) is 0 Å². The Morgan fingerprint density at radius 1 is 0.750 bits per heavy atom. The zero-order chi connectivity index (χ0) is 37.5. The van der Waals surface area contributed by atoms with Gasteiger partial charge in [0.15, 0.2) is 0 Å². The molecule has 8 rings (SSSR count). The molecule has 8 aromatic rings. The second kappa shape index (κ2) is 15.1. The van der Waals surface area contributed by atoms with Gasteiger partial charge in [-0.25, -0.2) is 4.39 Å². The molecule has 6 heteroatoms. The summed E-state index contributed by atoms with van der Waals surface area (Å²) in [5, 5.41) is 5.76. The largest absolute Gasteiger partial charge is 0.476 e. The minimum Gasteiger partial charge on any atom is -0.476 e. The van der Waals surface area contributed by atoms with E-state index in [-0.39, 0.29) is 25.9 Å². The van der Waals surface area contributed by atoms with Crippen molar-refractivity contribution in [2.45, 2.75) is 46.8 Å².